The van der Waals surface area contributed by atoms with Crippen LogP contribution in [0.1, 0.15) is 49.3 Å². The van der Waals surface area contributed by atoms with Crippen molar-refractivity contribution in [3.63, 3.8) is 0 Å². The van der Waals surface area contributed by atoms with Gasteiger partial charge in [-0.05, 0) is 35.1 Å². The molecule has 1 aromatic heterocycles. The molecule has 168 valence electrons. The molecule has 3 N–H and O–H groups in total. The molecule has 7 heteroatoms. The first-order valence-electron chi connectivity index (χ1n) is 10.9. The Morgan fingerprint density at radius 2 is 1.88 bits per heavy atom. The number of nitrogens with zero attached hydrogens (tertiary/aromatic N) is 1. The summed E-state index contributed by atoms with van der Waals surface area (Å²) in [4.78, 5) is 34.2. The number of fused-ring (bicyclic) bond motifs is 1. The average molecular weight is 460 g/mol. The number of carbonyl (C=O) groups excluding carboxylic acids is 1. The molecule has 2 aromatic carbocycles. The summed E-state index contributed by atoms with van der Waals surface area (Å²) in [7, 11) is 0. The minimum Gasteiger partial charge on any atom is -0.508 e. The van der Waals surface area contributed by atoms with Crippen LogP contribution in [0.3, 0.4) is 0 Å². The highest BCUT2D eigenvalue weighted by Gasteiger charge is 2.42. The summed E-state index contributed by atoms with van der Waals surface area (Å²) in [6.07, 6.45) is 1.10. The molecule has 3 aromatic rings. The number of ketones is 1. The summed E-state index contributed by atoms with van der Waals surface area (Å²) in [5, 5.41) is 14.0. The molecule has 0 radical (unpaired) electrons. The smallest absolute Gasteiger partial charge is 0.257 e. The Labute approximate surface area is 196 Å². The number of H-pyrrole nitrogens is 1. The molecular weight excluding hydrogens is 434 g/mol. The number of phenols is 1. The van der Waals surface area contributed by atoms with Gasteiger partial charge in [-0.15, -0.1) is 0 Å². The van der Waals surface area contributed by atoms with E-state index in [2.05, 4.69) is 24.1 Å². The number of hydrogen-bond acceptors (Lipinski definition) is 6. The highest BCUT2D eigenvalue weighted by molar-refractivity contribution is 7.98. The fraction of sp³-hybridized carbons (Fsp3) is 0.269. The topological polar surface area (TPSA) is 95.1 Å². The van der Waals surface area contributed by atoms with Gasteiger partial charge in [0.05, 0.1) is 5.56 Å². The van der Waals surface area contributed by atoms with Crippen LogP contribution in [0.2, 0.25) is 0 Å². The SMILES string of the molecule is CC1(C)CC(=O)C2=C(C1)Nc1nc(SCc3ccccc3)[nH]c(=O)c1[C@H]2c1cccc(O)c1. The highest BCUT2D eigenvalue weighted by atomic mass is 32.2. The Hall–Kier alpha value is -3.32. The van der Waals surface area contributed by atoms with Crippen LogP contribution in [-0.2, 0) is 10.5 Å². The third kappa shape index (κ3) is 4.20. The van der Waals surface area contributed by atoms with Gasteiger partial charge in [0.2, 0.25) is 0 Å². The van der Waals surface area contributed by atoms with Gasteiger partial charge >= 0.3 is 0 Å². The molecule has 1 aliphatic heterocycles. The van der Waals surface area contributed by atoms with Gasteiger partial charge in [0.1, 0.15) is 11.6 Å². The highest BCUT2D eigenvalue weighted by Crippen LogP contribution is 2.48. The number of thioether (sulfide) groups is 1. The minimum atomic E-state index is -0.573. The van der Waals surface area contributed by atoms with E-state index in [4.69, 9.17) is 4.98 Å². The van der Waals surface area contributed by atoms with Gasteiger partial charge in [-0.1, -0.05) is 68.1 Å². The number of nitrogens with one attached hydrogen (secondary N) is 2. The molecule has 0 saturated carbocycles. The first-order chi connectivity index (χ1) is 15.8. The number of aromatic nitrogens is 2. The minimum absolute atomic E-state index is 0.0228. The van der Waals surface area contributed by atoms with Crippen LogP contribution in [0.5, 0.6) is 5.75 Å². The number of aromatic amines is 1. The lowest BCUT2D eigenvalue weighted by atomic mass is 9.69. The molecule has 0 amide bonds. The summed E-state index contributed by atoms with van der Waals surface area (Å²) in [6, 6.07) is 16.8. The predicted octanol–water partition coefficient (Wildman–Crippen LogP) is 4.97. The van der Waals surface area contributed by atoms with Gasteiger partial charge in [0, 0.05) is 29.4 Å². The molecule has 0 bridgehead atoms. The zero-order valence-corrected chi connectivity index (χ0v) is 19.3. The quantitative estimate of drug-likeness (QED) is 0.377. The molecule has 5 rings (SSSR count). The molecule has 1 atom stereocenters. The molecule has 0 saturated heterocycles. The zero-order chi connectivity index (χ0) is 23.2. The number of hydrogen-bond donors (Lipinski definition) is 3. The van der Waals surface area contributed by atoms with Gasteiger partial charge < -0.3 is 15.4 Å². The number of aromatic hydroxyl groups is 1. The maximum absolute atomic E-state index is 13.3. The fourth-order valence-corrected chi connectivity index (χ4v) is 5.54. The van der Waals surface area contributed by atoms with Gasteiger partial charge in [-0.2, -0.15) is 0 Å². The lowest BCUT2D eigenvalue weighted by Crippen LogP contribution is -2.37. The monoisotopic (exact) mass is 459 g/mol. The van der Waals surface area contributed by atoms with Gasteiger partial charge in [0.15, 0.2) is 10.9 Å². The molecule has 0 fully saturated rings. The van der Waals surface area contributed by atoms with Crippen molar-refractivity contribution in [2.24, 2.45) is 5.41 Å². The van der Waals surface area contributed by atoms with E-state index in [1.807, 2.05) is 36.4 Å². The summed E-state index contributed by atoms with van der Waals surface area (Å²) >= 11 is 1.46. The van der Waals surface area contributed by atoms with Crippen LogP contribution >= 0.6 is 11.8 Å². The van der Waals surface area contributed by atoms with E-state index in [0.717, 1.165) is 11.3 Å². The number of anilines is 1. The summed E-state index contributed by atoms with van der Waals surface area (Å²) < 4.78 is 0. The van der Waals surface area contributed by atoms with Gasteiger partial charge in [0.25, 0.3) is 5.56 Å². The molecule has 33 heavy (non-hydrogen) atoms. The Kier molecular flexibility index (Phi) is 5.37. The van der Waals surface area contributed by atoms with Crippen molar-refractivity contribution in [2.45, 2.75) is 43.5 Å². The van der Waals surface area contributed by atoms with Crippen molar-refractivity contribution in [2.75, 3.05) is 5.32 Å². The van der Waals surface area contributed by atoms with Crippen LogP contribution in [0, 0.1) is 5.41 Å². The summed E-state index contributed by atoms with van der Waals surface area (Å²) in [5.41, 5.74) is 3.21. The predicted molar refractivity (Wildman–Crippen MR) is 129 cm³/mol. The lowest BCUT2D eigenvalue weighted by molar-refractivity contribution is -0.118. The third-order valence-corrected chi connectivity index (χ3v) is 7.07. The van der Waals surface area contributed by atoms with Crippen LogP contribution in [0.15, 0.2) is 75.8 Å². The molecular formula is C26H25N3O3S. The van der Waals surface area contributed by atoms with Crippen LogP contribution in [-0.4, -0.2) is 20.9 Å². The fourth-order valence-electron chi connectivity index (χ4n) is 4.73. The number of phenolic OH excluding ortho intramolecular Hbond substituents is 1. The molecule has 6 nitrogen and oxygen atoms in total. The Bertz CT molecular complexity index is 1330. The maximum Gasteiger partial charge on any atom is 0.257 e. The second-order valence-electron chi connectivity index (χ2n) is 9.39. The van der Waals surface area contributed by atoms with Crippen molar-refractivity contribution >= 4 is 23.4 Å². The average Bonchev–Trinajstić information content (AvgIpc) is 2.76. The largest absolute Gasteiger partial charge is 0.508 e. The summed E-state index contributed by atoms with van der Waals surface area (Å²) in [6.45, 7) is 4.14. The van der Waals surface area contributed by atoms with Crippen LogP contribution in [0.4, 0.5) is 5.82 Å². The number of rotatable bonds is 4. The van der Waals surface area contributed by atoms with E-state index in [0.29, 0.717) is 46.3 Å². The first kappa shape index (κ1) is 21.5. The van der Waals surface area contributed by atoms with Crippen molar-refractivity contribution in [3.05, 3.63) is 92.9 Å². The standard InChI is InChI=1S/C26H25N3O3S/c1-26(2)12-18-21(19(31)13-26)20(16-9-6-10-17(30)11-16)22-23(27-18)28-25(29-24(22)32)33-14-15-7-4-3-5-8-15/h3-11,20,30H,12-14H2,1-2H3,(H2,27,28,29,32)/t20-/m0/s1. The summed E-state index contributed by atoms with van der Waals surface area (Å²) in [5.74, 6) is 0.702. The van der Waals surface area contributed by atoms with Crippen molar-refractivity contribution in [1.82, 2.24) is 9.97 Å². The maximum atomic E-state index is 13.3. The second kappa shape index (κ2) is 8.23. The van der Waals surface area contributed by atoms with Crippen molar-refractivity contribution in [3.8, 4) is 5.75 Å². The van der Waals surface area contributed by atoms with E-state index in [-0.39, 0.29) is 22.5 Å². The van der Waals surface area contributed by atoms with E-state index in [1.54, 1.807) is 18.2 Å². The number of allylic oxidation sites excluding steroid dienone is 2. The number of Topliss-reactive ketones (excluding diaryl/α,β-unsaturated/α-hetero) is 1. The Morgan fingerprint density at radius 1 is 1.09 bits per heavy atom. The number of benzene rings is 2. The van der Waals surface area contributed by atoms with E-state index >= 15 is 0 Å². The van der Waals surface area contributed by atoms with Gasteiger partial charge in [-0.25, -0.2) is 4.98 Å². The van der Waals surface area contributed by atoms with Crippen molar-refractivity contribution in [1.29, 1.82) is 0 Å². The van der Waals surface area contributed by atoms with Crippen LogP contribution in [0.25, 0.3) is 0 Å². The molecule has 2 heterocycles. The van der Waals surface area contributed by atoms with E-state index in [9.17, 15) is 14.7 Å². The molecule has 0 unspecified atom stereocenters. The Morgan fingerprint density at radius 3 is 2.64 bits per heavy atom. The van der Waals surface area contributed by atoms with Crippen molar-refractivity contribution < 1.29 is 9.90 Å². The normalized spacial score (nSPS) is 19.0. The molecule has 2 aliphatic rings. The second-order valence-corrected chi connectivity index (χ2v) is 10.4. The van der Waals surface area contributed by atoms with Gasteiger partial charge in [-0.3, -0.25) is 9.59 Å². The Balaban J connectivity index is 1.60. The van der Waals surface area contributed by atoms with E-state index in [1.165, 1.54) is 11.8 Å². The molecule has 1 aliphatic carbocycles. The first-order valence-corrected chi connectivity index (χ1v) is 11.9. The zero-order valence-electron chi connectivity index (χ0n) is 18.5. The van der Waals surface area contributed by atoms with E-state index < -0.39 is 5.92 Å². The third-order valence-electron chi connectivity index (χ3n) is 6.12. The number of carbonyl (C=O) groups is 1. The molecule has 0 spiro atoms. The van der Waals surface area contributed by atoms with Crippen LogP contribution < -0.4 is 10.9 Å². The lowest BCUT2D eigenvalue weighted by Gasteiger charge is -2.38.